The van der Waals surface area contributed by atoms with Crippen LogP contribution in [0.4, 0.5) is 8.78 Å². The Morgan fingerprint density at radius 2 is 2.10 bits per heavy atom. The molecule has 2 aromatic rings. The highest BCUT2D eigenvalue weighted by atomic mass is 19.3. The van der Waals surface area contributed by atoms with E-state index in [1.165, 1.54) is 6.07 Å². The van der Waals surface area contributed by atoms with Crippen LogP contribution >= 0.6 is 0 Å². The molecule has 1 heterocycles. The zero-order chi connectivity index (χ0) is 14.9. The van der Waals surface area contributed by atoms with Crippen molar-refractivity contribution < 1.29 is 18.0 Å². The molecule has 0 radical (unpaired) electrons. The Morgan fingerprint density at radius 1 is 1.33 bits per heavy atom. The van der Waals surface area contributed by atoms with Crippen LogP contribution in [0.1, 0.15) is 36.5 Å². The van der Waals surface area contributed by atoms with E-state index in [0.717, 1.165) is 19.3 Å². The Bertz CT molecular complexity index is 626. The van der Waals surface area contributed by atoms with E-state index >= 15 is 0 Å². The van der Waals surface area contributed by atoms with E-state index in [2.05, 4.69) is 14.9 Å². The van der Waals surface area contributed by atoms with Crippen molar-refractivity contribution in [1.82, 2.24) is 10.1 Å². The van der Waals surface area contributed by atoms with Crippen LogP contribution in [-0.4, -0.2) is 16.8 Å². The van der Waals surface area contributed by atoms with Gasteiger partial charge in [-0.1, -0.05) is 23.4 Å². The predicted octanol–water partition coefficient (Wildman–Crippen LogP) is 2.60. The van der Waals surface area contributed by atoms with Gasteiger partial charge in [0.25, 0.3) is 0 Å². The summed E-state index contributed by atoms with van der Waals surface area (Å²) < 4.78 is 34.4. The summed E-state index contributed by atoms with van der Waals surface area (Å²) in [5, 5.41) is 3.90. The number of nitrogens with two attached hydrogens (primary N) is 1. The van der Waals surface area contributed by atoms with Gasteiger partial charge in [0.2, 0.25) is 5.89 Å². The van der Waals surface area contributed by atoms with Crippen molar-refractivity contribution in [1.29, 1.82) is 0 Å². The lowest BCUT2D eigenvalue weighted by Gasteiger charge is -2.34. The Balaban J connectivity index is 1.78. The number of rotatable bonds is 5. The molecule has 112 valence electrons. The van der Waals surface area contributed by atoms with Crippen molar-refractivity contribution in [2.45, 2.75) is 37.8 Å². The predicted molar refractivity (Wildman–Crippen MR) is 69.9 cm³/mol. The lowest BCUT2D eigenvalue weighted by molar-refractivity contribution is -0.0504. The Kier molecular flexibility index (Phi) is 3.59. The SMILES string of the molecule is NC1(c2noc(Cc3ccccc3OC(F)F)n2)CCC1. The third-order valence-corrected chi connectivity index (χ3v) is 3.69. The van der Waals surface area contributed by atoms with E-state index in [4.69, 9.17) is 10.3 Å². The molecule has 1 aromatic carbocycles. The first-order valence-corrected chi connectivity index (χ1v) is 6.71. The maximum atomic E-state index is 12.4. The van der Waals surface area contributed by atoms with Crippen molar-refractivity contribution in [2.24, 2.45) is 5.73 Å². The maximum absolute atomic E-state index is 12.4. The normalized spacial score (nSPS) is 16.8. The molecule has 1 aliphatic carbocycles. The molecule has 0 saturated heterocycles. The number of hydrogen-bond donors (Lipinski definition) is 1. The summed E-state index contributed by atoms with van der Waals surface area (Å²) in [6, 6.07) is 6.53. The van der Waals surface area contributed by atoms with Gasteiger partial charge >= 0.3 is 6.61 Å². The van der Waals surface area contributed by atoms with Crippen LogP contribution < -0.4 is 10.5 Å². The lowest BCUT2D eigenvalue weighted by Crippen LogP contribution is -2.44. The maximum Gasteiger partial charge on any atom is 0.387 e. The quantitative estimate of drug-likeness (QED) is 0.917. The van der Waals surface area contributed by atoms with Crippen molar-refractivity contribution in [3.8, 4) is 5.75 Å². The number of aromatic nitrogens is 2. The van der Waals surface area contributed by atoms with Gasteiger partial charge in [0.1, 0.15) is 5.75 Å². The van der Waals surface area contributed by atoms with Crippen molar-refractivity contribution in [3.05, 3.63) is 41.5 Å². The largest absolute Gasteiger partial charge is 0.435 e. The number of halogens is 2. The van der Waals surface area contributed by atoms with Crippen LogP contribution in [0.3, 0.4) is 0 Å². The second-order valence-corrected chi connectivity index (χ2v) is 5.18. The minimum absolute atomic E-state index is 0.110. The third kappa shape index (κ3) is 2.87. The number of para-hydroxylation sites is 1. The smallest absolute Gasteiger partial charge is 0.387 e. The molecule has 7 heteroatoms. The molecule has 5 nitrogen and oxygen atoms in total. The monoisotopic (exact) mass is 295 g/mol. The van der Waals surface area contributed by atoms with Gasteiger partial charge < -0.3 is 15.0 Å². The van der Waals surface area contributed by atoms with Crippen LogP contribution in [0.2, 0.25) is 0 Å². The molecule has 1 fully saturated rings. The van der Waals surface area contributed by atoms with E-state index in [9.17, 15) is 8.78 Å². The molecule has 1 saturated carbocycles. The van der Waals surface area contributed by atoms with E-state index in [-0.39, 0.29) is 12.2 Å². The fourth-order valence-corrected chi connectivity index (χ4v) is 2.33. The number of ether oxygens (including phenoxy) is 1. The van der Waals surface area contributed by atoms with E-state index in [1.807, 2.05) is 0 Å². The molecule has 0 aliphatic heterocycles. The molecule has 0 spiro atoms. The summed E-state index contributed by atoms with van der Waals surface area (Å²) in [5.74, 6) is 0.932. The highest BCUT2D eigenvalue weighted by Crippen LogP contribution is 2.37. The van der Waals surface area contributed by atoms with Gasteiger partial charge in [0, 0.05) is 5.56 Å². The number of nitrogens with zero attached hydrogens (tertiary/aromatic N) is 2. The van der Waals surface area contributed by atoms with E-state index < -0.39 is 12.2 Å². The summed E-state index contributed by atoms with van der Waals surface area (Å²) >= 11 is 0. The van der Waals surface area contributed by atoms with Gasteiger partial charge in [-0.25, -0.2) is 0 Å². The van der Waals surface area contributed by atoms with Gasteiger partial charge in [-0.2, -0.15) is 13.8 Å². The zero-order valence-electron chi connectivity index (χ0n) is 11.3. The summed E-state index contributed by atoms with van der Waals surface area (Å²) in [5.41, 5.74) is 6.18. The molecule has 1 aliphatic rings. The third-order valence-electron chi connectivity index (χ3n) is 3.69. The highest BCUT2D eigenvalue weighted by molar-refractivity contribution is 5.35. The van der Waals surface area contributed by atoms with Crippen molar-refractivity contribution >= 4 is 0 Å². The molecule has 1 aromatic heterocycles. The van der Waals surface area contributed by atoms with Crippen LogP contribution in [0.25, 0.3) is 0 Å². The molecule has 3 rings (SSSR count). The lowest BCUT2D eigenvalue weighted by atomic mass is 9.77. The first kappa shape index (κ1) is 13.9. The van der Waals surface area contributed by atoms with Gasteiger partial charge in [-0.15, -0.1) is 0 Å². The molecule has 0 amide bonds. The summed E-state index contributed by atoms with van der Waals surface area (Å²) in [6.45, 7) is -2.87. The Morgan fingerprint density at radius 3 is 2.76 bits per heavy atom. The van der Waals surface area contributed by atoms with E-state index in [0.29, 0.717) is 17.3 Å². The first-order chi connectivity index (χ1) is 10.1. The van der Waals surface area contributed by atoms with E-state index in [1.54, 1.807) is 18.2 Å². The van der Waals surface area contributed by atoms with Crippen LogP contribution in [-0.2, 0) is 12.0 Å². The van der Waals surface area contributed by atoms with Gasteiger partial charge in [-0.05, 0) is 25.3 Å². The second kappa shape index (κ2) is 5.40. The molecular weight excluding hydrogens is 280 g/mol. The molecule has 0 atom stereocenters. The number of alkyl halides is 2. The average Bonchev–Trinajstić information content (AvgIpc) is 2.86. The summed E-state index contributed by atoms with van der Waals surface area (Å²) in [4.78, 5) is 4.27. The second-order valence-electron chi connectivity index (χ2n) is 5.18. The highest BCUT2D eigenvalue weighted by Gasteiger charge is 2.38. The van der Waals surface area contributed by atoms with Gasteiger partial charge in [0.05, 0.1) is 12.0 Å². The van der Waals surface area contributed by atoms with Gasteiger partial charge in [0.15, 0.2) is 5.82 Å². The number of hydrogen-bond acceptors (Lipinski definition) is 5. The van der Waals surface area contributed by atoms with Gasteiger partial charge in [-0.3, -0.25) is 0 Å². The zero-order valence-corrected chi connectivity index (χ0v) is 11.3. The fourth-order valence-electron chi connectivity index (χ4n) is 2.33. The first-order valence-electron chi connectivity index (χ1n) is 6.71. The molecule has 2 N–H and O–H groups in total. The minimum Gasteiger partial charge on any atom is -0.435 e. The fraction of sp³-hybridized carbons (Fsp3) is 0.429. The Hall–Kier alpha value is -2.02. The summed E-state index contributed by atoms with van der Waals surface area (Å²) in [7, 11) is 0. The summed E-state index contributed by atoms with van der Waals surface area (Å²) in [6.07, 6.45) is 2.94. The van der Waals surface area contributed by atoms with Crippen LogP contribution in [0, 0.1) is 0 Å². The molecule has 0 unspecified atom stereocenters. The van der Waals surface area contributed by atoms with Crippen LogP contribution in [0.15, 0.2) is 28.8 Å². The topological polar surface area (TPSA) is 74.2 Å². The number of benzene rings is 1. The van der Waals surface area contributed by atoms with Crippen molar-refractivity contribution in [3.63, 3.8) is 0 Å². The Labute approximate surface area is 120 Å². The molecule has 0 bridgehead atoms. The van der Waals surface area contributed by atoms with Crippen LogP contribution in [0.5, 0.6) is 5.75 Å². The minimum atomic E-state index is -2.87. The molecular formula is C14H15F2N3O2. The van der Waals surface area contributed by atoms with Crippen molar-refractivity contribution in [2.75, 3.05) is 0 Å². The average molecular weight is 295 g/mol. The molecule has 21 heavy (non-hydrogen) atoms. The standard InChI is InChI=1S/C14H15F2N3O2/c15-13(16)20-10-5-2-1-4-9(10)8-11-18-12(19-21-11)14(17)6-3-7-14/h1-2,4-5,13H,3,6-8,17H2.